The van der Waals surface area contributed by atoms with Crippen molar-refractivity contribution in [3.05, 3.63) is 0 Å². The quantitative estimate of drug-likeness (QED) is 0.401. The summed E-state index contributed by atoms with van der Waals surface area (Å²) in [6, 6.07) is -0.612. The minimum atomic E-state index is -0.612. The Morgan fingerprint density at radius 2 is 2.00 bits per heavy atom. The Bertz CT molecular complexity index is 253. The van der Waals surface area contributed by atoms with Crippen molar-refractivity contribution in [2.75, 3.05) is 39.4 Å². The number of aliphatic hydroxyl groups excluding tert-OH is 2. The molecule has 2 amide bonds. The van der Waals surface area contributed by atoms with Gasteiger partial charge < -0.3 is 25.7 Å². The molecule has 1 rings (SSSR count). The molecule has 0 aromatic carbocycles. The summed E-state index contributed by atoms with van der Waals surface area (Å²) >= 11 is 0. The molecule has 7 nitrogen and oxygen atoms in total. The minimum Gasteiger partial charge on any atom is -0.395 e. The van der Waals surface area contributed by atoms with Crippen molar-refractivity contribution >= 4 is 11.8 Å². The molecule has 7 heteroatoms. The van der Waals surface area contributed by atoms with Crippen LogP contribution in [0.2, 0.25) is 0 Å². The molecule has 4 N–H and O–H groups in total. The van der Waals surface area contributed by atoms with E-state index in [1.54, 1.807) is 0 Å². The van der Waals surface area contributed by atoms with Crippen molar-refractivity contribution in [2.45, 2.75) is 6.04 Å². The first kappa shape index (κ1) is 12.9. The smallest absolute Gasteiger partial charge is 0.246 e. The van der Waals surface area contributed by atoms with E-state index in [-0.39, 0.29) is 44.7 Å². The van der Waals surface area contributed by atoms with Gasteiger partial charge in [0.05, 0.1) is 19.8 Å². The number of nitrogens with one attached hydrogen (secondary N) is 2. The molecule has 0 aromatic heterocycles. The second-order valence-electron chi connectivity index (χ2n) is 3.52. The van der Waals surface area contributed by atoms with Gasteiger partial charge in [-0.15, -0.1) is 0 Å². The first-order chi connectivity index (χ1) is 7.69. The average Bonchev–Trinajstić information content (AvgIpc) is 2.28. The van der Waals surface area contributed by atoms with Gasteiger partial charge in [-0.2, -0.15) is 0 Å². The molecule has 0 saturated carbocycles. The Hall–Kier alpha value is -1.18. The lowest BCUT2D eigenvalue weighted by Crippen LogP contribution is -2.59. The molecule has 1 aliphatic heterocycles. The highest BCUT2D eigenvalue weighted by Crippen LogP contribution is 1.97. The predicted octanol–water partition coefficient (Wildman–Crippen LogP) is -3.11. The fraction of sp³-hybridized carbons (Fsp3) is 0.778. The van der Waals surface area contributed by atoms with Crippen molar-refractivity contribution in [3.8, 4) is 0 Å². The van der Waals surface area contributed by atoms with Gasteiger partial charge in [-0.3, -0.25) is 9.59 Å². The van der Waals surface area contributed by atoms with Crippen molar-refractivity contribution < 1.29 is 19.8 Å². The molecule has 16 heavy (non-hydrogen) atoms. The number of amides is 2. The predicted molar refractivity (Wildman–Crippen MR) is 55.6 cm³/mol. The van der Waals surface area contributed by atoms with Gasteiger partial charge in [0, 0.05) is 19.6 Å². The van der Waals surface area contributed by atoms with Crippen molar-refractivity contribution in [1.29, 1.82) is 0 Å². The van der Waals surface area contributed by atoms with Crippen LogP contribution < -0.4 is 10.6 Å². The fourth-order valence-electron chi connectivity index (χ4n) is 1.57. The molecule has 0 spiro atoms. The molecular weight excluding hydrogens is 214 g/mol. The van der Waals surface area contributed by atoms with E-state index in [1.807, 2.05) is 0 Å². The van der Waals surface area contributed by atoms with E-state index in [4.69, 9.17) is 10.2 Å². The third-order valence-corrected chi connectivity index (χ3v) is 2.32. The number of hydrogen-bond acceptors (Lipinski definition) is 5. The van der Waals surface area contributed by atoms with E-state index >= 15 is 0 Å². The first-order valence-electron chi connectivity index (χ1n) is 5.19. The molecule has 1 fully saturated rings. The largest absolute Gasteiger partial charge is 0.395 e. The summed E-state index contributed by atoms with van der Waals surface area (Å²) in [4.78, 5) is 24.3. The molecule has 0 aromatic rings. The van der Waals surface area contributed by atoms with Crippen molar-refractivity contribution in [1.82, 2.24) is 15.5 Å². The third kappa shape index (κ3) is 3.44. The maximum atomic E-state index is 11.9. The van der Waals surface area contributed by atoms with Crippen LogP contribution in [0.3, 0.4) is 0 Å². The van der Waals surface area contributed by atoms with Gasteiger partial charge in [0.1, 0.15) is 6.04 Å². The number of carbonyl (C=O) groups is 2. The third-order valence-electron chi connectivity index (χ3n) is 2.32. The number of piperazine rings is 1. The number of nitrogens with zero attached hydrogens (tertiary/aromatic N) is 1. The van der Waals surface area contributed by atoms with Gasteiger partial charge in [0.2, 0.25) is 11.8 Å². The van der Waals surface area contributed by atoms with Crippen LogP contribution in [0.4, 0.5) is 0 Å². The zero-order valence-corrected chi connectivity index (χ0v) is 8.98. The minimum absolute atomic E-state index is 0.158. The Labute approximate surface area is 93.4 Å². The summed E-state index contributed by atoms with van der Waals surface area (Å²) in [5, 5.41) is 22.9. The molecule has 1 heterocycles. The van der Waals surface area contributed by atoms with Crippen molar-refractivity contribution in [2.24, 2.45) is 0 Å². The Balaban J connectivity index is 2.54. The molecular formula is C9H17N3O4. The topological polar surface area (TPSA) is 102 Å². The Kier molecular flexibility index (Phi) is 5.17. The van der Waals surface area contributed by atoms with E-state index in [9.17, 15) is 9.59 Å². The molecule has 92 valence electrons. The van der Waals surface area contributed by atoms with E-state index in [2.05, 4.69) is 10.6 Å². The second kappa shape index (κ2) is 6.41. The average molecular weight is 231 g/mol. The van der Waals surface area contributed by atoms with Gasteiger partial charge >= 0.3 is 0 Å². The second-order valence-corrected chi connectivity index (χ2v) is 3.52. The zero-order chi connectivity index (χ0) is 12.0. The highest BCUT2D eigenvalue weighted by Gasteiger charge is 2.27. The van der Waals surface area contributed by atoms with Gasteiger partial charge in [-0.1, -0.05) is 0 Å². The lowest BCUT2D eigenvalue weighted by atomic mass is 10.2. The van der Waals surface area contributed by atoms with E-state index in [0.717, 1.165) is 0 Å². The van der Waals surface area contributed by atoms with Crippen LogP contribution in [0.5, 0.6) is 0 Å². The normalized spacial score (nSPS) is 20.4. The number of aliphatic hydroxyl groups is 2. The summed E-state index contributed by atoms with van der Waals surface area (Å²) in [6.07, 6.45) is 0. The van der Waals surface area contributed by atoms with E-state index in [0.29, 0.717) is 6.54 Å². The van der Waals surface area contributed by atoms with E-state index < -0.39 is 6.04 Å². The van der Waals surface area contributed by atoms with Crippen molar-refractivity contribution in [3.63, 3.8) is 0 Å². The maximum absolute atomic E-state index is 11.9. The summed E-state index contributed by atoms with van der Waals surface area (Å²) < 4.78 is 0. The molecule has 1 aliphatic rings. The van der Waals surface area contributed by atoms with Crippen LogP contribution in [-0.4, -0.2) is 72.4 Å². The van der Waals surface area contributed by atoms with Gasteiger partial charge in [0.15, 0.2) is 0 Å². The number of carbonyl (C=O) groups excluding carboxylic acids is 2. The molecule has 1 saturated heterocycles. The van der Waals surface area contributed by atoms with E-state index in [1.165, 1.54) is 4.90 Å². The van der Waals surface area contributed by atoms with Gasteiger partial charge in [-0.25, -0.2) is 0 Å². The molecule has 0 bridgehead atoms. The summed E-state index contributed by atoms with van der Waals surface area (Å²) in [5.74, 6) is -0.513. The number of rotatable bonds is 5. The lowest BCUT2D eigenvalue weighted by Gasteiger charge is -2.29. The van der Waals surface area contributed by atoms with Crippen LogP contribution in [0.25, 0.3) is 0 Å². The molecule has 0 aliphatic carbocycles. The molecule has 0 radical (unpaired) electrons. The van der Waals surface area contributed by atoms with Crippen LogP contribution in [-0.2, 0) is 9.59 Å². The summed E-state index contributed by atoms with van der Waals surface area (Å²) in [5.41, 5.74) is 0. The lowest BCUT2D eigenvalue weighted by molar-refractivity contribution is -0.138. The molecule has 1 unspecified atom stereocenters. The van der Waals surface area contributed by atoms with Crippen LogP contribution in [0.15, 0.2) is 0 Å². The SMILES string of the molecule is O=C1CNCC(C(=O)N(CCO)CCO)N1. The van der Waals surface area contributed by atoms with Crippen LogP contribution >= 0.6 is 0 Å². The monoisotopic (exact) mass is 231 g/mol. The highest BCUT2D eigenvalue weighted by atomic mass is 16.3. The van der Waals surface area contributed by atoms with Gasteiger partial charge in [-0.05, 0) is 0 Å². The zero-order valence-electron chi connectivity index (χ0n) is 8.98. The number of hydrogen-bond donors (Lipinski definition) is 4. The maximum Gasteiger partial charge on any atom is 0.246 e. The Morgan fingerprint density at radius 1 is 1.38 bits per heavy atom. The Morgan fingerprint density at radius 3 is 2.50 bits per heavy atom. The highest BCUT2D eigenvalue weighted by molar-refractivity contribution is 5.89. The first-order valence-corrected chi connectivity index (χ1v) is 5.19. The molecule has 1 atom stereocenters. The van der Waals surface area contributed by atoms with Gasteiger partial charge in [0.25, 0.3) is 0 Å². The summed E-state index contributed by atoms with van der Waals surface area (Å²) in [6.45, 7) is 0.568. The van der Waals surface area contributed by atoms with Crippen LogP contribution in [0, 0.1) is 0 Å². The fourth-order valence-corrected chi connectivity index (χ4v) is 1.57. The standard InChI is InChI=1S/C9H17N3O4/c13-3-1-12(2-4-14)9(16)7-5-10-6-8(15)11-7/h7,10,13-14H,1-6H2,(H,11,15). The summed E-state index contributed by atoms with van der Waals surface area (Å²) in [7, 11) is 0. The van der Waals surface area contributed by atoms with Crippen LogP contribution in [0.1, 0.15) is 0 Å².